The largest absolute Gasteiger partial charge is 2.00 e. The van der Waals surface area contributed by atoms with E-state index < -0.39 is 5.97 Å². The Kier molecular flexibility index (Phi) is 14.2. The summed E-state index contributed by atoms with van der Waals surface area (Å²) >= 11 is 6.14. The minimum atomic E-state index is -1.03. The fourth-order valence-corrected chi connectivity index (χ4v) is 11.2. The zero-order chi connectivity index (χ0) is 53.4. The van der Waals surface area contributed by atoms with Crippen LogP contribution in [0.5, 0.6) is 0 Å². The van der Waals surface area contributed by atoms with Crippen LogP contribution in [0.3, 0.4) is 0 Å². The van der Waals surface area contributed by atoms with E-state index in [2.05, 4.69) is 166 Å². The Morgan fingerprint density at radius 2 is 0.925 bits per heavy atom. The van der Waals surface area contributed by atoms with Crippen molar-refractivity contribution in [1.82, 2.24) is 25.3 Å². The van der Waals surface area contributed by atoms with Gasteiger partial charge in [0, 0.05) is 105 Å². The molecule has 12 heteroatoms. The van der Waals surface area contributed by atoms with Gasteiger partial charge in [-0.1, -0.05) is 151 Å². The summed E-state index contributed by atoms with van der Waals surface area (Å²) in [6, 6.07) is 66.3. The Hall–Kier alpha value is -9.36. The van der Waals surface area contributed by atoms with Crippen LogP contribution in [0.25, 0.3) is 124 Å². The number of nitrogens with zero attached hydrogens (tertiary/aromatic N) is 3. The van der Waals surface area contributed by atoms with Crippen LogP contribution in [0.15, 0.2) is 209 Å². The van der Waals surface area contributed by atoms with Gasteiger partial charge in [0.2, 0.25) is 5.43 Å². The van der Waals surface area contributed by atoms with Gasteiger partial charge >= 0.3 is 22.7 Å². The minimum absolute atomic E-state index is 0. The number of piperazine rings is 1. The molecule has 0 atom stereocenters. The number of fused-ring (bicyclic) bond motifs is 10. The predicted molar refractivity (Wildman–Crippen MR) is 322 cm³/mol. The topological polar surface area (TPSA) is 140 Å². The second kappa shape index (κ2) is 22.2. The van der Waals surface area contributed by atoms with Crippen molar-refractivity contribution in [1.29, 1.82) is 0 Å². The number of hydrogen-bond acceptors (Lipinski definition) is 7. The van der Waals surface area contributed by atoms with Gasteiger partial charge in [-0.05, 0) is 101 Å². The van der Waals surface area contributed by atoms with Crippen LogP contribution in [0, 0.1) is 0 Å². The number of carbonyl (C=O) groups is 1. The van der Waals surface area contributed by atoms with E-state index in [0.29, 0.717) is 28.0 Å². The first-order valence-corrected chi connectivity index (χ1v) is 26.6. The van der Waals surface area contributed by atoms with E-state index >= 15 is 0 Å². The zero-order valence-corrected chi connectivity index (χ0v) is 44.7. The van der Waals surface area contributed by atoms with E-state index in [1.807, 2.05) is 42.5 Å². The van der Waals surface area contributed by atoms with E-state index in [4.69, 9.17) is 26.0 Å². The molecule has 389 valence electrons. The van der Waals surface area contributed by atoms with Gasteiger partial charge in [-0.25, -0.2) is 14.8 Å². The SMILES string of the molecule is C1=Cc2nc1c(-c1ccccc1)c1ccc([nH]1)c(-c1ccccc1)c1nc(c(-c3ccccc3)c3ccc([nH]3)c2-c2ccccc2)C=C1.O=C(O)c1ccccc1-c1c2cc(Cl)c(=O)cc-2oc2cc(N3CCNCC3)ccc12.[Co+2]. The molecule has 5 aliphatic rings. The molecule has 7 heterocycles. The Morgan fingerprint density at radius 1 is 0.500 bits per heavy atom. The fourth-order valence-electron chi connectivity index (χ4n) is 11.0. The molecule has 8 bridgehead atoms. The second-order valence-electron chi connectivity index (χ2n) is 19.5. The number of hydrogen-bond donors (Lipinski definition) is 4. The fraction of sp³-hybridized carbons (Fsp3) is 0.0588. The third-order valence-electron chi connectivity index (χ3n) is 14.7. The quantitative estimate of drug-likeness (QED) is 0.116. The van der Waals surface area contributed by atoms with Crippen molar-refractivity contribution in [3.8, 4) is 67.0 Å². The van der Waals surface area contributed by atoms with Crippen molar-refractivity contribution in [2.75, 3.05) is 31.1 Å². The van der Waals surface area contributed by atoms with Crippen LogP contribution in [0.4, 0.5) is 5.69 Å². The van der Waals surface area contributed by atoms with Crippen molar-refractivity contribution in [2.45, 2.75) is 0 Å². The molecule has 0 unspecified atom stereocenters. The minimum Gasteiger partial charge on any atom is -0.478 e. The number of aromatic nitrogens is 4. The van der Waals surface area contributed by atoms with Crippen LogP contribution < -0.4 is 15.6 Å². The molecule has 4 aliphatic heterocycles. The molecule has 1 fully saturated rings. The van der Waals surface area contributed by atoms with E-state index in [-0.39, 0.29) is 32.8 Å². The summed E-state index contributed by atoms with van der Waals surface area (Å²) in [7, 11) is 0. The summed E-state index contributed by atoms with van der Waals surface area (Å²) < 4.78 is 6.13. The monoisotopic (exact) mass is 1110 g/mol. The maximum atomic E-state index is 12.2. The number of halogens is 1. The summed E-state index contributed by atoms with van der Waals surface area (Å²) in [4.78, 5) is 44.7. The summed E-state index contributed by atoms with van der Waals surface area (Å²) in [5.41, 5.74) is 19.4. The average molecular weight is 1110 g/mol. The maximum absolute atomic E-state index is 12.2. The standard InChI is InChI=1S/C44H30N4.C24H19ClN2O4.Co/c1-5-13-29(14-6-1)41-33-21-23-35(45-33)42(30-15-7-2-8-16-30)37-25-27-39(47-37)44(32-19-11-4-12-20-32)40-28-26-38(48-40)43(31-17-9-3-10-18-31)36-24-22-34(41)46-36;25-19-12-18-22(13-20(19)28)31-21-11-14(27-9-7-26-8-10-27)5-6-17(21)23(18)15-3-1-2-4-16(15)24(29)30;/h1-28,45,48H;1-6,11-13,26H,7-10H2,(H,29,30);/q;;+2. The third kappa shape index (κ3) is 9.84. The van der Waals surface area contributed by atoms with Gasteiger partial charge in [0.25, 0.3) is 0 Å². The Bertz CT molecular complexity index is 4070. The summed E-state index contributed by atoms with van der Waals surface area (Å²) in [5.74, 6) is -0.656. The molecule has 4 N–H and O–H groups in total. The van der Waals surface area contributed by atoms with Crippen LogP contribution in [0.2, 0.25) is 5.02 Å². The van der Waals surface area contributed by atoms with Gasteiger partial charge in [0.15, 0.2) is 0 Å². The smallest absolute Gasteiger partial charge is 0.478 e. The summed E-state index contributed by atoms with van der Waals surface area (Å²) in [6.07, 6.45) is 8.54. The molecule has 0 spiro atoms. The molecular formula is C68H49ClCoN6O4+2. The number of carboxylic acid groups (broad SMARTS) is 1. The van der Waals surface area contributed by atoms with E-state index in [1.165, 1.54) is 6.07 Å². The number of anilines is 1. The van der Waals surface area contributed by atoms with Gasteiger partial charge in [-0.15, -0.1) is 0 Å². The third-order valence-corrected chi connectivity index (χ3v) is 15.0. The second-order valence-corrected chi connectivity index (χ2v) is 19.9. The molecule has 10 nitrogen and oxygen atoms in total. The molecule has 14 rings (SSSR count). The number of aromatic carboxylic acids is 1. The van der Waals surface area contributed by atoms with Gasteiger partial charge in [0.05, 0.1) is 33.4 Å². The molecule has 0 saturated carbocycles. The number of aromatic amines is 2. The first-order valence-electron chi connectivity index (χ1n) is 26.2. The van der Waals surface area contributed by atoms with Gasteiger partial charge in [-0.3, -0.25) is 4.79 Å². The summed E-state index contributed by atoms with van der Waals surface area (Å²) in [5, 5.41) is 13.9. The molecule has 6 aromatic carbocycles. The van der Waals surface area contributed by atoms with Gasteiger partial charge in [0.1, 0.15) is 11.3 Å². The number of nitrogens with one attached hydrogen (secondary N) is 3. The Morgan fingerprint density at radius 3 is 1.36 bits per heavy atom. The molecule has 9 aromatic rings. The molecule has 1 aliphatic carbocycles. The number of carboxylic acids is 1. The first kappa shape index (κ1) is 51.4. The van der Waals surface area contributed by atoms with Crippen molar-refractivity contribution >= 4 is 80.6 Å². The van der Waals surface area contributed by atoms with E-state index in [0.717, 1.165) is 127 Å². The maximum Gasteiger partial charge on any atom is 2.00 e. The molecular weight excluding hydrogens is 1060 g/mol. The number of H-pyrrole nitrogens is 2. The Balaban J connectivity index is 0.000000172. The van der Waals surface area contributed by atoms with E-state index in [1.54, 1.807) is 30.3 Å². The van der Waals surface area contributed by atoms with Crippen LogP contribution >= 0.6 is 11.6 Å². The van der Waals surface area contributed by atoms with Gasteiger partial charge in [-0.2, -0.15) is 0 Å². The molecule has 1 saturated heterocycles. The molecule has 0 amide bonds. The van der Waals surface area contributed by atoms with E-state index in [9.17, 15) is 14.7 Å². The van der Waals surface area contributed by atoms with Gasteiger partial charge < -0.3 is 29.7 Å². The van der Waals surface area contributed by atoms with Crippen LogP contribution in [-0.4, -0.2) is 57.2 Å². The molecule has 80 heavy (non-hydrogen) atoms. The number of rotatable bonds is 7. The van der Waals surface area contributed by atoms with Crippen molar-refractivity contribution in [3.63, 3.8) is 0 Å². The first-order chi connectivity index (χ1) is 38.8. The zero-order valence-electron chi connectivity index (χ0n) is 42.9. The van der Waals surface area contributed by atoms with Crippen molar-refractivity contribution in [3.05, 3.63) is 244 Å². The average Bonchev–Trinajstić information content (AvgIpc) is 4.45. The molecule has 3 aromatic heterocycles. The predicted octanol–water partition coefficient (Wildman–Crippen LogP) is 15.6. The van der Waals surface area contributed by atoms with Crippen LogP contribution in [-0.2, 0) is 16.8 Å². The van der Waals surface area contributed by atoms with Crippen molar-refractivity contribution in [2.24, 2.45) is 0 Å². The molecule has 1 radical (unpaired) electrons. The normalized spacial score (nSPS) is 12.7. The Labute approximate surface area is 476 Å². The summed E-state index contributed by atoms with van der Waals surface area (Å²) in [6.45, 7) is 3.58. The number of benzene rings is 7. The van der Waals surface area contributed by atoms with Crippen molar-refractivity contribution < 1.29 is 31.1 Å². The van der Waals surface area contributed by atoms with Crippen LogP contribution in [0.1, 0.15) is 33.1 Å².